The molecule has 2 rings (SSSR count). The molecule has 0 spiro atoms. The minimum Gasteiger partial charge on any atom is -0.361 e. The summed E-state index contributed by atoms with van der Waals surface area (Å²) in [5.41, 5.74) is 3.89. The highest BCUT2D eigenvalue weighted by molar-refractivity contribution is 6.32. The van der Waals surface area contributed by atoms with E-state index in [9.17, 15) is 0 Å². The van der Waals surface area contributed by atoms with Gasteiger partial charge in [0.2, 0.25) is 0 Å². The van der Waals surface area contributed by atoms with Gasteiger partial charge in [-0.25, -0.2) is 9.97 Å². The number of hydrogen-bond donors (Lipinski definition) is 1. The summed E-state index contributed by atoms with van der Waals surface area (Å²) in [4.78, 5) is 12.1. The topological polar surface area (TPSA) is 41.6 Å². The molecule has 0 saturated heterocycles. The predicted molar refractivity (Wildman–Crippen MR) is 80.2 cm³/mol. The van der Waals surface area contributed by atoms with Crippen molar-refractivity contribution >= 4 is 17.7 Å². The van der Waals surface area contributed by atoms with E-state index in [1.807, 2.05) is 13.1 Å². The second kappa shape index (κ2) is 5.57. The van der Waals surface area contributed by atoms with Gasteiger partial charge in [0.05, 0.1) is 10.7 Å². The maximum atomic E-state index is 6.23. The first-order valence-electron chi connectivity index (χ1n) is 6.35. The third kappa shape index (κ3) is 2.87. The Morgan fingerprint density at radius 2 is 2.21 bits per heavy atom. The maximum absolute atomic E-state index is 6.23. The quantitative estimate of drug-likeness (QED) is 0.905. The number of aromatic amines is 1. The molecule has 0 atom stereocenters. The second-order valence-electron chi connectivity index (χ2n) is 5.03. The third-order valence-electron chi connectivity index (χ3n) is 3.02. The van der Waals surface area contributed by atoms with Crippen molar-refractivity contribution in [2.75, 3.05) is 0 Å². The van der Waals surface area contributed by atoms with Crippen LogP contribution in [0.5, 0.6) is 0 Å². The minimum absolute atomic E-state index is 0.519. The molecule has 0 amide bonds. The summed E-state index contributed by atoms with van der Waals surface area (Å²) in [6.45, 7) is 10.1. The van der Waals surface area contributed by atoms with Crippen molar-refractivity contribution in [3.8, 4) is 11.3 Å². The Bertz CT molecular complexity index is 599. The molecule has 0 radical (unpaired) electrons. The fourth-order valence-corrected chi connectivity index (χ4v) is 2.22. The Balaban J connectivity index is 2.48. The normalized spacial score (nSPS) is 11.0. The molecule has 0 aliphatic rings. The number of nitrogens with one attached hydrogen (secondary N) is 1. The zero-order valence-electron chi connectivity index (χ0n) is 11.5. The largest absolute Gasteiger partial charge is 0.361 e. The van der Waals surface area contributed by atoms with Crippen molar-refractivity contribution < 1.29 is 0 Å². The van der Waals surface area contributed by atoms with E-state index in [-0.39, 0.29) is 0 Å². The number of aromatic nitrogens is 3. The molecule has 0 aromatic carbocycles. The lowest BCUT2D eigenvalue weighted by Gasteiger charge is -2.07. The molecular formula is C15H18ClN3. The lowest BCUT2D eigenvalue weighted by molar-refractivity contribution is 0.621. The summed E-state index contributed by atoms with van der Waals surface area (Å²) in [6.07, 6.45) is 6.24. The minimum atomic E-state index is 0.519. The summed E-state index contributed by atoms with van der Waals surface area (Å²) >= 11 is 6.23. The van der Waals surface area contributed by atoms with E-state index in [1.54, 1.807) is 12.3 Å². The first kappa shape index (κ1) is 13.8. The van der Waals surface area contributed by atoms with Crippen molar-refractivity contribution in [2.24, 2.45) is 5.92 Å². The Morgan fingerprint density at radius 1 is 1.47 bits per heavy atom. The molecule has 1 N–H and O–H groups in total. The van der Waals surface area contributed by atoms with E-state index in [4.69, 9.17) is 11.6 Å². The molecule has 2 aromatic rings. The van der Waals surface area contributed by atoms with Gasteiger partial charge in [-0.1, -0.05) is 32.0 Å². The van der Waals surface area contributed by atoms with Gasteiger partial charge in [0, 0.05) is 30.1 Å². The molecule has 0 saturated carbocycles. The number of halogens is 1. The average Bonchev–Trinajstić information content (AvgIpc) is 2.72. The first-order chi connectivity index (χ1) is 9.02. The number of rotatable bonds is 4. The highest BCUT2D eigenvalue weighted by Gasteiger charge is 2.13. The zero-order chi connectivity index (χ0) is 14.0. The van der Waals surface area contributed by atoms with E-state index in [2.05, 4.69) is 35.4 Å². The molecular weight excluding hydrogens is 258 g/mol. The summed E-state index contributed by atoms with van der Waals surface area (Å²) in [5, 5.41) is 0.574. The van der Waals surface area contributed by atoms with Gasteiger partial charge in [0.25, 0.3) is 0 Å². The van der Waals surface area contributed by atoms with Crippen LogP contribution in [-0.2, 0) is 6.42 Å². The Labute approximate surface area is 118 Å². The monoisotopic (exact) mass is 275 g/mol. The lowest BCUT2D eigenvalue weighted by atomic mass is 10.1. The molecule has 3 nitrogen and oxygen atoms in total. The van der Waals surface area contributed by atoms with Crippen LogP contribution in [0.15, 0.2) is 19.0 Å². The predicted octanol–water partition coefficient (Wildman–Crippen LogP) is 4.28. The van der Waals surface area contributed by atoms with Crippen LogP contribution in [0.2, 0.25) is 5.02 Å². The first-order valence-corrected chi connectivity index (χ1v) is 6.73. The van der Waals surface area contributed by atoms with Crippen molar-refractivity contribution in [3.63, 3.8) is 0 Å². The Hall–Kier alpha value is -1.61. The van der Waals surface area contributed by atoms with Crippen molar-refractivity contribution in [1.29, 1.82) is 0 Å². The van der Waals surface area contributed by atoms with Crippen LogP contribution in [0, 0.1) is 12.8 Å². The van der Waals surface area contributed by atoms with Crippen LogP contribution < -0.4 is 0 Å². The average molecular weight is 276 g/mol. The molecule has 0 aliphatic heterocycles. The van der Waals surface area contributed by atoms with Gasteiger partial charge in [0.15, 0.2) is 0 Å². The summed E-state index contributed by atoms with van der Waals surface area (Å²) in [7, 11) is 0. The Morgan fingerprint density at radius 3 is 2.79 bits per heavy atom. The molecule has 4 heteroatoms. The highest BCUT2D eigenvalue weighted by Crippen LogP contribution is 2.30. The maximum Gasteiger partial charge on any atom is 0.129 e. The van der Waals surface area contributed by atoms with Crippen LogP contribution in [0.1, 0.15) is 30.9 Å². The SMILES string of the molecule is C=Cc1[nH]cc(-c2nc(CC(C)C)ncc2Cl)c1C. The van der Waals surface area contributed by atoms with Gasteiger partial charge < -0.3 is 4.98 Å². The molecule has 2 aromatic heterocycles. The standard InChI is InChI=1S/C15H18ClN3/c1-5-13-10(4)11(7-17-13)15-12(16)8-18-14(19-15)6-9(2)3/h5,7-9,17H,1,6H2,2-4H3. The number of nitrogens with zero attached hydrogens (tertiary/aromatic N) is 2. The van der Waals surface area contributed by atoms with Gasteiger partial charge >= 0.3 is 0 Å². The van der Waals surface area contributed by atoms with E-state index >= 15 is 0 Å². The molecule has 100 valence electrons. The summed E-state index contributed by atoms with van der Waals surface area (Å²) in [6, 6.07) is 0. The fraction of sp³-hybridized carbons (Fsp3) is 0.333. The van der Waals surface area contributed by atoms with Crippen LogP contribution in [0.3, 0.4) is 0 Å². The third-order valence-corrected chi connectivity index (χ3v) is 3.30. The van der Waals surface area contributed by atoms with Crippen LogP contribution in [0.4, 0.5) is 0 Å². The fourth-order valence-electron chi connectivity index (χ4n) is 2.03. The zero-order valence-corrected chi connectivity index (χ0v) is 12.3. The van der Waals surface area contributed by atoms with Crippen LogP contribution in [-0.4, -0.2) is 15.0 Å². The molecule has 0 bridgehead atoms. The lowest BCUT2D eigenvalue weighted by Crippen LogP contribution is -2.02. The molecule has 2 heterocycles. The molecule has 0 unspecified atom stereocenters. The molecule has 19 heavy (non-hydrogen) atoms. The van der Waals surface area contributed by atoms with Gasteiger partial charge in [-0.15, -0.1) is 0 Å². The van der Waals surface area contributed by atoms with Gasteiger partial charge in [0.1, 0.15) is 5.82 Å². The molecule has 0 fully saturated rings. The van der Waals surface area contributed by atoms with Gasteiger partial charge in [-0.3, -0.25) is 0 Å². The summed E-state index contributed by atoms with van der Waals surface area (Å²) < 4.78 is 0. The van der Waals surface area contributed by atoms with Crippen LogP contribution >= 0.6 is 11.6 Å². The number of H-pyrrole nitrogens is 1. The van der Waals surface area contributed by atoms with Crippen molar-refractivity contribution in [1.82, 2.24) is 15.0 Å². The number of hydrogen-bond acceptors (Lipinski definition) is 2. The second-order valence-corrected chi connectivity index (χ2v) is 5.43. The van der Waals surface area contributed by atoms with E-state index in [0.717, 1.165) is 34.8 Å². The van der Waals surface area contributed by atoms with E-state index in [1.165, 1.54) is 0 Å². The Kier molecular flexibility index (Phi) is 4.05. The molecule has 0 aliphatic carbocycles. The van der Waals surface area contributed by atoms with Gasteiger partial charge in [-0.05, 0) is 24.5 Å². The smallest absolute Gasteiger partial charge is 0.129 e. The van der Waals surface area contributed by atoms with Crippen LogP contribution in [0.25, 0.3) is 17.3 Å². The summed E-state index contributed by atoms with van der Waals surface area (Å²) in [5.74, 6) is 1.35. The van der Waals surface area contributed by atoms with E-state index in [0.29, 0.717) is 10.9 Å². The van der Waals surface area contributed by atoms with Gasteiger partial charge in [-0.2, -0.15) is 0 Å². The highest BCUT2D eigenvalue weighted by atomic mass is 35.5. The van der Waals surface area contributed by atoms with Crippen molar-refractivity contribution in [3.05, 3.63) is 41.1 Å². The van der Waals surface area contributed by atoms with Crippen molar-refractivity contribution in [2.45, 2.75) is 27.2 Å². The van der Waals surface area contributed by atoms with E-state index < -0.39 is 0 Å².